The van der Waals surface area contributed by atoms with Gasteiger partial charge in [0.15, 0.2) is 12.4 Å². The van der Waals surface area contributed by atoms with E-state index in [9.17, 15) is 41.7 Å². The number of amides is 1. The molecule has 1 aromatic carbocycles. The molecule has 32 heavy (non-hydrogen) atoms. The topological polar surface area (TPSA) is 121 Å². The first-order valence-electron chi connectivity index (χ1n) is 8.62. The Labute approximate surface area is 176 Å². The van der Waals surface area contributed by atoms with Crippen LogP contribution in [0.4, 0.5) is 27.6 Å². The second-order valence-electron chi connectivity index (χ2n) is 6.26. The number of furan rings is 1. The second-order valence-corrected chi connectivity index (χ2v) is 6.26. The van der Waals surface area contributed by atoms with Gasteiger partial charge in [-0.05, 0) is 18.2 Å². The molecule has 1 aromatic heterocycles. The fourth-order valence-electron chi connectivity index (χ4n) is 2.38. The van der Waals surface area contributed by atoms with Crippen molar-refractivity contribution in [1.29, 1.82) is 0 Å². The molecule has 1 N–H and O–H groups in total. The van der Waals surface area contributed by atoms with Gasteiger partial charge in [0.2, 0.25) is 0 Å². The molecule has 0 aliphatic carbocycles. The lowest BCUT2D eigenvalue weighted by Gasteiger charge is -2.20. The summed E-state index contributed by atoms with van der Waals surface area (Å²) < 4.78 is 77.3. The van der Waals surface area contributed by atoms with Crippen molar-refractivity contribution >= 4 is 17.6 Å². The summed E-state index contributed by atoms with van der Waals surface area (Å²) in [5.74, 6) is -7.85. The van der Waals surface area contributed by atoms with Gasteiger partial charge in [-0.3, -0.25) is 14.9 Å². The van der Waals surface area contributed by atoms with Crippen LogP contribution in [-0.2, 0) is 16.0 Å². The summed E-state index contributed by atoms with van der Waals surface area (Å²) in [7, 11) is 1.06. The Hall–Kier alpha value is -3.71. The molecule has 0 bridgehead atoms. The van der Waals surface area contributed by atoms with Gasteiger partial charge in [0.25, 0.3) is 5.91 Å². The highest BCUT2D eigenvalue weighted by atomic mass is 19.4. The molecular weight excluding hydrogens is 451 g/mol. The molecule has 1 amide bonds. The van der Waals surface area contributed by atoms with Crippen molar-refractivity contribution < 1.29 is 50.4 Å². The van der Waals surface area contributed by atoms with Crippen LogP contribution >= 0.6 is 0 Å². The maximum atomic E-state index is 13.1. The maximum Gasteiger partial charge on any atom is 0.456 e. The molecular formula is C18H15F5N2O7. The molecule has 14 heteroatoms. The Morgan fingerprint density at radius 1 is 1.22 bits per heavy atom. The summed E-state index contributed by atoms with van der Waals surface area (Å²) in [6.45, 7) is -2.24. The quantitative estimate of drug-likeness (QED) is 0.261. The van der Waals surface area contributed by atoms with Gasteiger partial charge in [-0.25, -0.2) is 4.79 Å². The molecule has 2 aromatic rings. The van der Waals surface area contributed by atoms with Gasteiger partial charge in [-0.1, -0.05) is 0 Å². The Kier molecular flexibility index (Phi) is 7.38. The predicted octanol–water partition coefficient (Wildman–Crippen LogP) is 3.28. The third-order valence-electron chi connectivity index (χ3n) is 4.02. The Bertz CT molecular complexity index is 977. The molecule has 0 saturated heterocycles. The van der Waals surface area contributed by atoms with E-state index in [0.717, 1.165) is 13.2 Å². The normalized spacial score (nSPS) is 12.7. The fraction of sp³-hybridized carbons (Fsp3) is 0.333. The number of hydrogen-bond donors (Lipinski definition) is 1. The number of nitro benzene ring substituents is 1. The third kappa shape index (κ3) is 5.92. The van der Waals surface area contributed by atoms with Crippen molar-refractivity contribution in [3.05, 3.63) is 58.0 Å². The molecule has 0 aliphatic rings. The number of ether oxygens (including phenoxy) is 2. The van der Waals surface area contributed by atoms with Crippen LogP contribution in [0.5, 0.6) is 5.75 Å². The van der Waals surface area contributed by atoms with Crippen molar-refractivity contribution in [3.63, 3.8) is 0 Å². The summed E-state index contributed by atoms with van der Waals surface area (Å²) >= 11 is 0. The van der Waals surface area contributed by atoms with Crippen LogP contribution in [0.1, 0.15) is 16.1 Å². The van der Waals surface area contributed by atoms with Crippen LogP contribution < -0.4 is 10.1 Å². The van der Waals surface area contributed by atoms with E-state index in [2.05, 4.69) is 14.8 Å². The molecule has 9 nitrogen and oxygen atoms in total. The lowest BCUT2D eigenvalue weighted by molar-refractivity contribution is -0.386. The second kappa shape index (κ2) is 9.62. The third-order valence-corrected chi connectivity index (χ3v) is 4.02. The zero-order chi connectivity index (χ0) is 24.1. The molecule has 0 saturated carbocycles. The average molecular weight is 466 g/mol. The number of rotatable bonds is 9. The van der Waals surface area contributed by atoms with E-state index in [1.807, 2.05) is 0 Å². The van der Waals surface area contributed by atoms with Gasteiger partial charge >= 0.3 is 23.8 Å². The van der Waals surface area contributed by atoms with Gasteiger partial charge in [0, 0.05) is 24.1 Å². The predicted molar refractivity (Wildman–Crippen MR) is 95.3 cm³/mol. The Balaban J connectivity index is 2.26. The number of nitrogens with one attached hydrogen (secondary N) is 1. The van der Waals surface area contributed by atoms with Gasteiger partial charge in [0.1, 0.15) is 11.8 Å². The zero-order valence-corrected chi connectivity index (χ0v) is 16.2. The smallest absolute Gasteiger partial charge is 0.456 e. The first kappa shape index (κ1) is 24.6. The molecule has 0 aliphatic heterocycles. The van der Waals surface area contributed by atoms with E-state index in [-0.39, 0.29) is 6.42 Å². The molecule has 0 spiro atoms. The van der Waals surface area contributed by atoms with Crippen LogP contribution in [0.3, 0.4) is 0 Å². The van der Waals surface area contributed by atoms with Crippen LogP contribution in [0.15, 0.2) is 41.0 Å². The monoisotopic (exact) mass is 466 g/mol. The number of nitrogens with zero attached hydrogens (tertiary/aromatic N) is 1. The maximum absolute atomic E-state index is 13.1. The first-order chi connectivity index (χ1) is 14.9. The molecule has 0 radical (unpaired) electrons. The molecule has 0 fully saturated rings. The molecule has 174 valence electrons. The van der Waals surface area contributed by atoms with Crippen LogP contribution in [-0.4, -0.2) is 48.7 Å². The minimum atomic E-state index is -5.95. The highest BCUT2D eigenvalue weighted by Crippen LogP contribution is 2.37. The number of hydrogen-bond acceptors (Lipinski definition) is 7. The molecule has 1 atom stereocenters. The van der Waals surface area contributed by atoms with E-state index < -0.39 is 58.5 Å². The van der Waals surface area contributed by atoms with Crippen molar-refractivity contribution in [3.8, 4) is 5.75 Å². The van der Waals surface area contributed by atoms with E-state index in [4.69, 9.17) is 4.42 Å². The van der Waals surface area contributed by atoms with Crippen LogP contribution in [0.25, 0.3) is 0 Å². The lowest BCUT2D eigenvalue weighted by atomic mass is 10.1. The van der Waals surface area contributed by atoms with Crippen molar-refractivity contribution in [2.45, 2.75) is 24.6 Å². The minimum absolute atomic E-state index is 0.125. The summed E-state index contributed by atoms with van der Waals surface area (Å²) in [4.78, 5) is 34.4. The zero-order valence-electron chi connectivity index (χ0n) is 16.2. The molecule has 2 rings (SSSR count). The van der Waals surface area contributed by atoms with Crippen LogP contribution in [0.2, 0.25) is 0 Å². The summed E-state index contributed by atoms with van der Waals surface area (Å²) in [6.07, 6.45) is -4.75. The van der Waals surface area contributed by atoms with E-state index in [1.165, 1.54) is 18.4 Å². The standard InChI is InChI=1S/C18H15F5N2O7/c1-30-16(27)12(8-11-3-2-6-31-11)24-15(26)10-4-5-13(25(28)29)14(7-10)32-9-17(19,20)18(21,22)23/h2-7,12H,8-9H2,1H3,(H,24,26)/t12-/m0/s1. The van der Waals surface area contributed by atoms with Gasteiger partial charge in [-0.2, -0.15) is 22.0 Å². The van der Waals surface area contributed by atoms with Crippen molar-refractivity contribution in [2.24, 2.45) is 0 Å². The SMILES string of the molecule is COC(=O)[C@H](Cc1ccco1)NC(=O)c1ccc([N+](=O)[O-])c(OCC(F)(F)C(F)(F)F)c1. The van der Waals surface area contributed by atoms with Crippen molar-refractivity contribution in [2.75, 3.05) is 13.7 Å². The van der Waals surface area contributed by atoms with Gasteiger partial charge in [-0.15, -0.1) is 0 Å². The van der Waals surface area contributed by atoms with E-state index >= 15 is 0 Å². The van der Waals surface area contributed by atoms with Crippen molar-refractivity contribution in [1.82, 2.24) is 5.32 Å². The number of carbonyl (C=O) groups is 2. The van der Waals surface area contributed by atoms with E-state index in [0.29, 0.717) is 17.9 Å². The number of benzene rings is 1. The van der Waals surface area contributed by atoms with Gasteiger partial charge < -0.3 is 19.2 Å². The highest BCUT2D eigenvalue weighted by molar-refractivity contribution is 5.97. The largest absolute Gasteiger partial charge is 0.480 e. The number of halogens is 5. The molecule has 1 heterocycles. The summed E-state index contributed by atoms with van der Waals surface area (Å²) in [6, 6.07) is 4.00. The summed E-state index contributed by atoms with van der Waals surface area (Å²) in [5, 5.41) is 13.3. The number of esters is 1. The Morgan fingerprint density at radius 2 is 1.91 bits per heavy atom. The number of nitro groups is 1. The average Bonchev–Trinajstić information content (AvgIpc) is 3.23. The Morgan fingerprint density at radius 3 is 2.44 bits per heavy atom. The highest BCUT2D eigenvalue weighted by Gasteiger charge is 2.58. The van der Waals surface area contributed by atoms with Crippen LogP contribution in [0, 0.1) is 10.1 Å². The number of carbonyl (C=O) groups excluding carboxylic acids is 2. The first-order valence-corrected chi connectivity index (χ1v) is 8.62. The molecule has 0 unspecified atom stereocenters. The lowest BCUT2D eigenvalue weighted by Crippen LogP contribution is -2.43. The summed E-state index contributed by atoms with van der Waals surface area (Å²) in [5.41, 5.74) is -1.35. The number of alkyl halides is 5. The van der Waals surface area contributed by atoms with Gasteiger partial charge in [0.05, 0.1) is 18.3 Å². The van der Waals surface area contributed by atoms with E-state index in [1.54, 1.807) is 0 Å². The fourth-order valence-corrected chi connectivity index (χ4v) is 2.38. The number of methoxy groups -OCH3 is 1. The minimum Gasteiger partial charge on any atom is -0.480 e.